The van der Waals surface area contributed by atoms with Crippen molar-refractivity contribution in [3.05, 3.63) is 51.7 Å². The van der Waals surface area contributed by atoms with E-state index in [4.69, 9.17) is 0 Å². The van der Waals surface area contributed by atoms with Gasteiger partial charge in [-0.2, -0.15) is 13.2 Å². The number of aldehydes is 1. The van der Waals surface area contributed by atoms with Crippen LogP contribution in [0, 0.1) is 16.0 Å². The molecule has 0 spiro atoms. The van der Waals surface area contributed by atoms with Crippen LogP contribution in [0.1, 0.15) is 24.5 Å². The molecule has 1 aromatic rings. The number of allylic oxidation sites excluding steroid dienone is 1. The summed E-state index contributed by atoms with van der Waals surface area (Å²) in [6.45, 7) is 1.66. The van der Waals surface area contributed by atoms with Crippen LogP contribution in [0.4, 0.5) is 13.2 Å². The summed E-state index contributed by atoms with van der Waals surface area (Å²) in [5.41, 5.74) is -0.518. The summed E-state index contributed by atoms with van der Waals surface area (Å²) in [7, 11) is 0. The van der Waals surface area contributed by atoms with Gasteiger partial charge in [-0.15, -0.1) is 0 Å². The fourth-order valence-electron chi connectivity index (χ4n) is 1.74. The van der Waals surface area contributed by atoms with Crippen LogP contribution in [0.2, 0.25) is 0 Å². The van der Waals surface area contributed by atoms with Gasteiger partial charge in [-0.3, -0.25) is 10.1 Å². The molecule has 0 N–H and O–H groups in total. The smallest absolute Gasteiger partial charge is 0.303 e. The van der Waals surface area contributed by atoms with Gasteiger partial charge in [0.15, 0.2) is 0 Å². The lowest BCUT2D eigenvalue weighted by molar-refractivity contribution is -0.401. The van der Waals surface area contributed by atoms with Gasteiger partial charge in [0.25, 0.3) is 0 Å². The fraction of sp³-hybridized carbons (Fsp3) is 0.308. The van der Waals surface area contributed by atoms with E-state index in [1.807, 2.05) is 0 Å². The van der Waals surface area contributed by atoms with E-state index in [0.29, 0.717) is 18.9 Å². The maximum absolute atomic E-state index is 12.4. The Morgan fingerprint density at radius 3 is 2.25 bits per heavy atom. The first-order valence-corrected chi connectivity index (χ1v) is 5.77. The number of hydrogen-bond donors (Lipinski definition) is 0. The molecule has 0 amide bonds. The van der Waals surface area contributed by atoms with Crippen LogP contribution in [0.5, 0.6) is 0 Å². The highest BCUT2D eigenvalue weighted by Gasteiger charge is 2.30. The van der Waals surface area contributed by atoms with Crippen molar-refractivity contribution in [2.75, 3.05) is 0 Å². The summed E-state index contributed by atoms with van der Waals surface area (Å²) in [6, 6.07) is 3.93. The quantitative estimate of drug-likeness (QED) is 0.472. The number of hydrogen-bond acceptors (Lipinski definition) is 3. The van der Waals surface area contributed by atoms with Crippen molar-refractivity contribution in [1.82, 2.24) is 0 Å². The van der Waals surface area contributed by atoms with Crippen LogP contribution >= 0.6 is 0 Å². The normalized spacial score (nSPS) is 13.9. The highest BCUT2D eigenvalue weighted by atomic mass is 19.4. The van der Waals surface area contributed by atoms with Crippen molar-refractivity contribution < 1.29 is 22.9 Å². The van der Waals surface area contributed by atoms with Crippen molar-refractivity contribution in [2.45, 2.75) is 19.5 Å². The van der Waals surface area contributed by atoms with Crippen molar-refractivity contribution in [3.63, 3.8) is 0 Å². The third-order valence-corrected chi connectivity index (χ3v) is 2.79. The molecule has 4 nitrogen and oxygen atoms in total. The third-order valence-electron chi connectivity index (χ3n) is 2.79. The van der Waals surface area contributed by atoms with E-state index in [1.165, 1.54) is 0 Å². The minimum atomic E-state index is -4.47. The van der Waals surface area contributed by atoms with Crippen molar-refractivity contribution >= 4 is 11.9 Å². The first kappa shape index (κ1) is 15.9. The molecular formula is C13H12F3NO3. The lowest BCUT2D eigenvalue weighted by Crippen LogP contribution is -2.08. The Kier molecular flexibility index (Phi) is 5.01. The Balaban J connectivity index is 3.22. The van der Waals surface area contributed by atoms with E-state index in [1.54, 1.807) is 6.92 Å². The molecule has 0 saturated heterocycles. The first-order chi connectivity index (χ1) is 9.29. The average molecular weight is 287 g/mol. The van der Waals surface area contributed by atoms with Gasteiger partial charge >= 0.3 is 6.18 Å². The molecule has 20 heavy (non-hydrogen) atoms. The topological polar surface area (TPSA) is 60.2 Å². The highest BCUT2D eigenvalue weighted by Crippen LogP contribution is 2.31. The predicted octanol–water partition coefficient (Wildman–Crippen LogP) is 3.55. The number of halogens is 3. The molecule has 0 radical (unpaired) electrons. The van der Waals surface area contributed by atoms with Crippen LogP contribution < -0.4 is 0 Å². The van der Waals surface area contributed by atoms with Crippen LogP contribution in [0.3, 0.4) is 0 Å². The van der Waals surface area contributed by atoms with Gasteiger partial charge in [0.2, 0.25) is 6.20 Å². The molecule has 0 aliphatic heterocycles. The fourth-order valence-corrected chi connectivity index (χ4v) is 1.74. The lowest BCUT2D eigenvalue weighted by Gasteiger charge is -2.12. The van der Waals surface area contributed by atoms with Gasteiger partial charge in [-0.1, -0.05) is 19.1 Å². The van der Waals surface area contributed by atoms with Crippen molar-refractivity contribution in [2.24, 2.45) is 5.92 Å². The number of nitro groups is 1. The number of rotatable bonds is 5. The Morgan fingerprint density at radius 1 is 1.35 bits per heavy atom. The molecule has 7 heteroatoms. The van der Waals surface area contributed by atoms with Gasteiger partial charge < -0.3 is 4.79 Å². The molecule has 0 fully saturated rings. The van der Waals surface area contributed by atoms with E-state index in [2.05, 4.69) is 0 Å². The number of carbonyl (C=O) groups is 1. The molecule has 0 unspecified atom stereocenters. The van der Waals surface area contributed by atoms with E-state index in [-0.39, 0.29) is 11.1 Å². The minimum absolute atomic E-state index is 0.0984. The van der Waals surface area contributed by atoms with Crippen molar-refractivity contribution in [3.8, 4) is 0 Å². The van der Waals surface area contributed by atoms with E-state index >= 15 is 0 Å². The second-order valence-corrected chi connectivity index (χ2v) is 4.10. The largest absolute Gasteiger partial charge is 0.416 e. The zero-order chi connectivity index (χ0) is 15.3. The molecule has 0 heterocycles. The summed E-state index contributed by atoms with van der Waals surface area (Å²) in [5, 5.41) is 10.6. The zero-order valence-electron chi connectivity index (χ0n) is 10.6. The monoisotopic (exact) mass is 287 g/mol. The molecule has 0 aromatic heterocycles. The molecule has 0 aliphatic carbocycles. The Morgan fingerprint density at radius 2 is 1.90 bits per heavy atom. The van der Waals surface area contributed by atoms with E-state index in [9.17, 15) is 28.1 Å². The Labute approximate surface area is 113 Å². The standard InChI is InChI=1S/C13H12F3NO3/c1-2-9(8-18)12(7-17(19)20)10-3-5-11(6-4-10)13(14,15)16/h3-9H,2H2,1H3/b12-7-/t9-/m0/s1. The molecule has 0 aliphatic rings. The van der Waals surface area contributed by atoms with Crippen LogP contribution in [-0.4, -0.2) is 11.2 Å². The van der Waals surface area contributed by atoms with Gasteiger partial charge in [0.1, 0.15) is 6.29 Å². The van der Waals surface area contributed by atoms with Crippen LogP contribution in [0.25, 0.3) is 5.57 Å². The minimum Gasteiger partial charge on any atom is -0.303 e. The van der Waals surface area contributed by atoms with Gasteiger partial charge in [-0.25, -0.2) is 0 Å². The molecule has 0 bridgehead atoms. The summed E-state index contributed by atoms with van der Waals surface area (Å²) in [5.74, 6) is -0.725. The lowest BCUT2D eigenvalue weighted by atomic mass is 9.92. The van der Waals surface area contributed by atoms with Gasteiger partial charge in [-0.05, 0) is 24.1 Å². The summed E-state index contributed by atoms with van der Waals surface area (Å²) < 4.78 is 37.3. The number of alkyl halides is 3. The molecule has 1 aromatic carbocycles. The second kappa shape index (κ2) is 6.31. The average Bonchev–Trinajstić information content (AvgIpc) is 2.37. The first-order valence-electron chi connectivity index (χ1n) is 5.77. The SMILES string of the molecule is CC[C@@H](C=O)/C(=C/[N+](=O)[O-])c1ccc(C(F)(F)F)cc1. The van der Waals surface area contributed by atoms with Crippen LogP contribution in [0.15, 0.2) is 30.5 Å². The molecule has 1 rings (SSSR count). The predicted molar refractivity (Wildman–Crippen MR) is 66.3 cm³/mol. The maximum atomic E-state index is 12.4. The van der Waals surface area contributed by atoms with Crippen molar-refractivity contribution in [1.29, 1.82) is 0 Å². The van der Waals surface area contributed by atoms with Gasteiger partial charge in [0.05, 0.1) is 10.5 Å². The second-order valence-electron chi connectivity index (χ2n) is 4.10. The number of carbonyl (C=O) groups excluding carboxylic acids is 1. The Bertz CT molecular complexity index is 521. The summed E-state index contributed by atoms with van der Waals surface area (Å²) in [6.07, 6.45) is -2.94. The highest BCUT2D eigenvalue weighted by molar-refractivity contribution is 5.79. The molecule has 0 saturated carbocycles. The van der Waals surface area contributed by atoms with E-state index < -0.39 is 22.6 Å². The molecular weight excluding hydrogens is 275 g/mol. The number of benzene rings is 1. The summed E-state index contributed by atoms with van der Waals surface area (Å²) in [4.78, 5) is 20.8. The zero-order valence-corrected chi connectivity index (χ0v) is 10.6. The number of nitrogens with zero attached hydrogens (tertiary/aromatic N) is 1. The van der Waals surface area contributed by atoms with Gasteiger partial charge in [0, 0.05) is 11.5 Å². The molecule has 108 valence electrons. The summed E-state index contributed by atoms with van der Waals surface area (Å²) >= 11 is 0. The molecule has 1 atom stereocenters. The maximum Gasteiger partial charge on any atom is 0.416 e. The Hall–Kier alpha value is -2.18. The van der Waals surface area contributed by atoms with Crippen LogP contribution in [-0.2, 0) is 11.0 Å². The van der Waals surface area contributed by atoms with E-state index in [0.717, 1.165) is 24.3 Å². The third kappa shape index (κ3) is 3.91.